The third-order valence-electron chi connectivity index (χ3n) is 8.19. The second-order valence-electron chi connectivity index (χ2n) is 11.1. The third kappa shape index (κ3) is 6.58. The number of para-hydroxylation sites is 1. The van der Waals surface area contributed by atoms with Crippen molar-refractivity contribution in [3.63, 3.8) is 0 Å². The summed E-state index contributed by atoms with van der Waals surface area (Å²) in [5, 5.41) is 27.7. The Balaban J connectivity index is 1.29. The number of nitrogens with one attached hydrogen (secondary N) is 2. The molecule has 2 aliphatic heterocycles. The summed E-state index contributed by atoms with van der Waals surface area (Å²) in [6, 6.07) is 10.8. The standard InChI is InChI=1S/C31H35F4N3O3/c1-2-5-27(36)23-13-12-21(16-26(23)32)38-19-10-11-20(38)15-22(14-19)40-17-25(30(39)18-8-9-18)29(37)24-6-3-4-7-28(24)41-31(33,34)35/h3-4,6-7,12-13,16,18-20,22,36-37,39H,2,5,8-11,14-15,17H2,1H3/b30-25-,36-27?,37-29?. The molecule has 41 heavy (non-hydrogen) atoms. The molecule has 3 N–H and O–H groups in total. The van der Waals surface area contributed by atoms with Gasteiger partial charge in [-0.15, -0.1) is 13.2 Å². The molecule has 2 bridgehead atoms. The van der Waals surface area contributed by atoms with E-state index in [1.54, 1.807) is 6.07 Å². The number of aliphatic hydroxyl groups is 1. The molecule has 3 aliphatic rings. The zero-order valence-corrected chi connectivity index (χ0v) is 22.9. The minimum absolute atomic E-state index is 0.0126. The number of hydrogen-bond donors (Lipinski definition) is 3. The van der Waals surface area contributed by atoms with Gasteiger partial charge >= 0.3 is 6.36 Å². The van der Waals surface area contributed by atoms with Crippen LogP contribution in [0.1, 0.15) is 69.4 Å². The van der Waals surface area contributed by atoms with Crippen LogP contribution in [0.4, 0.5) is 23.2 Å². The topological polar surface area (TPSA) is 89.6 Å². The maximum absolute atomic E-state index is 14.9. The van der Waals surface area contributed by atoms with Gasteiger partial charge in [0.15, 0.2) is 0 Å². The van der Waals surface area contributed by atoms with E-state index in [-0.39, 0.29) is 53.3 Å². The van der Waals surface area contributed by atoms with Gasteiger partial charge in [-0.05, 0) is 75.3 Å². The molecule has 1 saturated carbocycles. The van der Waals surface area contributed by atoms with Gasteiger partial charge in [0.25, 0.3) is 0 Å². The summed E-state index contributed by atoms with van der Waals surface area (Å²) in [6.45, 7) is 1.86. The highest BCUT2D eigenvalue weighted by molar-refractivity contribution is 6.12. The van der Waals surface area contributed by atoms with Crippen LogP contribution in [-0.4, -0.2) is 47.7 Å². The van der Waals surface area contributed by atoms with Gasteiger partial charge in [-0.1, -0.05) is 25.5 Å². The number of hydrogen-bond acceptors (Lipinski definition) is 6. The summed E-state index contributed by atoms with van der Waals surface area (Å²) in [5.74, 6) is -1.03. The number of ether oxygens (including phenoxy) is 2. The van der Waals surface area contributed by atoms with Gasteiger partial charge in [0.05, 0.1) is 18.4 Å². The molecule has 220 valence electrons. The monoisotopic (exact) mass is 573 g/mol. The molecule has 2 heterocycles. The van der Waals surface area contributed by atoms with E-state index in [9.17, 15) is 22.7 Å². The van der Waals surface area contributed by atoms with Crippen molar-refractivity contribution in [2.75, 3.05) is 11.5 Å². The van der Waals surface area contributed by atoms with E-state index in [2.05, 4.69) is 9.64 Å². The second kappa shape index (κ2) is 11.8. The number of piperidine rings is 1. The maximum Gasteiger partial charge on any atom is 0.573 e. The smallest absolute Gasteiger partial charge is 0.512 e. The maximum atomic E-state index is 14.9. The Kier molecular flexibility index (Phi) is 8.40. The van der Waals surface area contributed by atoms with Crippen LogP contribution < -0.4 is 9.64 Å². The zero-order chi connectivity index (χ0) is 29.3. The zero-order valence-electron chi connectivity index (χ0n) is 22.9. The van der Waals surface area contributed by atoms with E-state index < -0.39 is 17.9 Å². The van der Waals surface area contributed by atoms with Crippen molar-refractivity contribution in [1.29, 1.82) is 10.8 Å². The second-order valence-corrected chi connectivity index (χ2v) is 11.1. The summed E-state index contributed by atoms with van der Waals surface area (Å²) < 4.78 is 64.3. The molecule has 2 saturated heterocycles. The molecule has 2 aromatic carbocycles. The van der Waals surface area contributed by atoms with E-state index in [0.717, 1.165) is 43.9 Å². The molecular weight excluding hydrogens is 538 g/mol. The van der Waals surface area contributed by atoms with Crippen LogP contribution in [0.2, 0.25) is 0 Å². The highest BCUT2D eigenvalue weighted by atomic mass is 19.4. The van der Waals surface area contributed by atoms with E-state index in [1.807, 2.05) is 13.0 Å². The lowest BCUT2D eigenvalue weighted by Gasteiger charge is -2.40. The number of allylic oxidation sites excluding steroid dienone is 1. The number of fused-ring (bicyclic) bond motifs is 2. The molecule has 0 radical (unpaired) electrons. The predicted molar refractivity (Wildman–Crippen MR) is 149 cm³/mol. The fourth-order valence-corrected chi connectivity index (χ4v) is 6.11. The minimum Gasteiger partial charge on any atom is -0.512 e. The Labute approximate surface area is 237 Å². The van der Waals surface area contributed by atoms with Crippen molar-refractivity contribution in [3.05, 3.63) is 70.7 Å². The molecule has 1 aliphatic carbocycles. The number of anilines is 1. The average Bonchev–Trinajstić information content (AvgIpc) is 3.73. The molecule has 0 aromatic heterocycles. The van der Waals surface area contributed by atoms with Crippen LogP contribution in [0.5, 0.6) is 5.75 Å². The Morgan fingerprint density at radius 3 is 2.29 bits per heavy atom. The predicted octanol–water partition coefficient (Wildman–Crippen LogP) is 7.70. The first-order valence-electron chi connectivity index (χ1n) is 14.2. The quantitative estimate of drug-likeness (QED) is 0.146. The fourth-order valence-electron chi connectivity index (χ4n) is 6.11. The molecule has 3 fully saturated rings. The summed E-state index contributed by atoms with van der Waals surface area (Å²) in [4.78, 5) is 2.24. The van der Waals surface area contributed by atoms with Gasteiger partial charge in [0.2, 0.25) is 0 Å². The van der Waals surface area contributed by atoms with Crippen molar-refractivity contribution in [2.24, 2.45) is 5.92 Å². The van der Waals surface area contributed by atoms with Crippen molar-refractivity contribution < 1.29 is 32.1 Å². The van der Waals surface area contributed by atoms with Crippen LogP contribution in [0.15, 0.2) is 53.8 Å². The lowest BCUT2D eigenvalue weighted by molar-refractivity contribution is -0.274. The molecule has 2 unspecified atom stereocenters. The van der Waals surface area contributed by atoms with Crippen molar-refractivity contribution in [1.82, 2.24) is 0 Å². The Bertz CT molecular complexity index is 1320. The van der Waals surface area contributed by atoms with E-state index in [0.29, 0.717) is 30.5 Å². The highest BCUT2D eigenvalue weighted by Crippen LogP contribution is 2.42. The fraction of sp³-hybridized carbons (Fsp3) is 0.484. The van der Waals surface area contributed by atoms with Crippen LogP contribution in [0.3, 0.4) is 0 Å². The van der Waals surface area contributed by atoms with Gasteiger partial charge in [-0.25, -0.2) is 4.39 Å². The summed E-state index contributed by atoms with van der Waals surface area (Å²) in [6.07, 6.45) is 0.897. The van der Waals surface area contributed by atoms with Gasteiger partial charge in [-0.2, -0.15) is 0 Å². The van der Waals surface area contributed by atoms with Gasteiger partial charge < -0.3 is 24.9 Å². The average molecular weight is 574 g/mol. The van der Waals surface area contributed by atoms with Crippen molar-refractivity contribution in [2.45, 2.75) is 82.8 Å². The SMILES string of the molecule is CCCC(=N)c1ccc(N2C3CCC2CC(OC/C(C(=N)c2ccccc2OC(F)(F)F)=C(/O)C2CC2)C3)cc1F. The lowest BCUT2D eigenvalue weighted by Crippen LogP contribution is -2.45. The lowest BCUT2D eigenvalue weighted by atomic mass is 9.97. The van der Waals surface area contributed by atoms with Gasteiger partial charge in [-0.3, -0.25) is 5.41 Å². The number of benzene rings is 2. The normalized spacial score (nSPS) is 22.9. The summed E-state index contributed by atoms with van der Waals surface area (Å²) in [7, 11) is 0. The van der Waals surface area contributed by atoms with Crippen molar-refractivity contribution >= 4 is 17.1 Å². The first-order valence-corrected chi connectivity index (χ1v) is 14.2. The van der Waals surface area contributed by atoms with Crippen LogP contribution in [0.25, 0.3) is 0 Å². The molecule has 6 nitrogen and oxygen atoms in total. The number of alkyl halides is 3. The molecule has 0 amide bonds. The largest absolute Gasteiger partial charge is 0.573 e. The molecular formula is C31H35F4N3O3. The third-order valence-corrected chi connectivity index (χ3v) is 8.19. The van der Waals surface area contributed by atoms with Gasteiger partial charge in [0, 0.05) is 46.1 Å². The molecule has 5 rings (SSSR count). The molecule has 2 atom stereocenters. The van der Waals surface area contributed by atoms with E-state index in [4.69, 9.17) is 15.6 Å². The number of halogens is 4. The summed E-state index contributed by atoms with van der Waals surface area (Å²) in [5.41, 5.74) is 1.27. The highest BCUT2D eigenvalue weighted by Gasteiger charge is 2.42. The minimum atomic E-state index is -4.91. The van der Waals surface area contributed by atoms with Crippen LogP contribution in [0, 0.1) is 22.6 Å². The van der Waals surface area contributed by atoms with Gasteiger partial charge in [0.1, 0.15) is 17.3 Å². The van der Waals surface area contributed by atoms with E-state index >= 15 is 0 Å². The first kappa shape index (κ1) is 29.1. The molecule has 2 aromatic rings. The number of rotatable bonds is 11. The number of nitrogens with zero attached hydrogens (tertiary/aromatic N) is 1. The van der Waals surface area contributed by atoms with E-state index in [1.165, 1.54) is 24.3 Å². The van der Waals surface area contributed by atoms with Crippen LogP contribution in [-0.2, 0) is 4.74 Å². The van der Waals surface area contributed by atoms with Crippen LogP contribution >= 0.6 is 0 Å². The first-order chi connectivity index (χ1) is 19.6. The summed E-state index contributed by atoms with van der Waals surface area (Å²) >= 11 is 0. The Hall–Kier alpha value is -3.40. The van der Waals surface area contributed by atoms with Crippen molar-refractivity contribution in [3.8, 4) is 5.75 Å². The number of aliphatic hydroxyl groups excluding tert-OH is 1. The molecule has 10 heteroatoms. The Morgan fingerprint density at radius 1 is 1.00 bits per heavy atom. The Morgan fingerprint density at radius 2 is 1.68 bits per heavy atom. The molecule has 0 spiro atoms.